The van der Waals surface area contributed by atoms with Crippen LogP contribution in [0.1, 0.15) is 31.9 Å². The zero-order valence-corrected chi connectivity index (χ0v) is 11.2. The Hall–Kier alpha value is -0.860. The van der Waals surface area contributed by atoms with Crippen LogP contribution in [0.15, 0.2) is 30.3 Å². The molecule has 1 aliphatic heterocycles. The second kappa shape index (κ2) is 5.65. The third kappa shape index (κ3) is 2.88. The van der Waals surface area contributed by atoms with E-state index in [-0.39, 0.29) is 0 Å². The Bertz CT molecular complexity index is 334. The molecule has 0 aromatic heterocycles. The largest absolute Gasteiger partial charge is 0.316 e. The van der Waals surface area contributed by atoms with Gasteiger partial charge in [0.1, 0.15) is 0 Å². The van der Waals surface area contributed by atoms with Crippen molar-refractivity contribution in [2.45, 2.75) is 32.4 Å². The average Bonchev–Trinajstić information content (AvgIpc) is 2.79. The predicted molar refractivity (Wildman–Crippen MR) is 73.1 cm³/mol. The summed E-state index contributed by atoms with van der Waals surface area (Å²) in [6, 6.07) is 12.2. The van der Waals surface area contributed by atoms with E-state index >= 15 is 0 Å². The summed E-state index contributed by atoms with van der Waals surface area (Å²) in [6.07, 6.45) is 1.27. The first-order valence-corrected chi connectivity index (χ1v) is 6.68. The molecule has 94 valence electrons. The Balaban J connectivity index is 2.14. The molecule has 0 saturated carbocycles. The van der Waals surface area contributed by atoms with Gasteiger partial charge in [-0.15, -0.1) is 0 Å². The van der Waals surface area contributed by atoms with E-state index in [1.165, 1.54) is 25.1 Å². The first-order valence-electron chi connectivity index (χ1n) is 6.68. The molecule has 1 aliphatic rings. The van der Waals surface area contributed by atoms with Gasteiger partial charge < -0.3 is 5.32 Å². The molecule has 2 rings (SSSR count). The molecular weight excluding hydrogens is 208 g/mol. The smallest absolute Gasteiger partial charge is 0.0371 e. The Morgan fingerprint density at radius 3 is 2.47 bits per heavy atom. The summed E-state index contributed by atoms with van der Waals surface area (Å²) in [7, 11) is 2.07. The van der Waals surface area contributed by atoms with Gasteiger partial charge in [-0.1, -0.05) is 44.2 Å². The molecule has 0 radical (unpaired) electrons. The summed E-state index contributed by atoms with van der Waals surface area (Å²) in [6.45, 7) is 7.03. The lowest BCUT2D eigenvalue weighted by Crippen LogP contribution is -2.34. The molecule has 1 aromatic carbocycles. The monoisotopic (exact) mass is 232 g/mol. The van der Waals surface area contributed by atoms with Gasteiger partial charge in [0.25, 0.3) is 0 Å². The van der Waals surface area contributed by atoms with Gasteiger partial charge in [0, 0.05) is 25.2 Å². The van der Waals surface area contributed by atoms with Crippen molar-refractivity contribution in [3.8, 4) is 0 Å². The SMILES string of the molecule is CNC1CCN(C(c2ccccc2)C(C)C)C1. The lowest BCUT2D eigenvalue weighted by Gasteiger charge is -2.31. The second-order valence-corrected chi connectivity index (χ2v) is 5.37. The minimum atomic E-state index is 0.564. The summed E-state index contributed by atoms with van der Waals surface area (Å²) < 4.78 is 0. The molecule has 0 aliphatic carbocycles. The van der Waals surface area contributed by atoms with Crippen molar-refractivity contribution < 1.29 is 0 Å². The number of hydrogen-bond acceptors (Lipinski definition) is 2. The van der Waals surface area contributed by atoms with E-state index in [0.717, 1.165) is 0 Å². The fourth-order valence-electron chi connectivity index (χ4n) is 2.94. The minimum Gasteiger partial charge on any atom is -0.316 e. The maximum Gasteiger partial charge on any atom is 0.0371 e. The van der Waals surface area contributed by atoms with E-state index in [2.05, 4.69) is 61.4 Å². The molecule has 17 heavy (non-hydrogen) atoms. The van der Waals surface area contributed by atoms with Crippen LogP contribution in [0.4, 0.5) is 0 Å². The van der Waals surface area contributed by atoms with Crippen molar-refractivity contribution in [3.63, 3.8) is 0 Å². The van der Waals surface area contributed by atoms with Gasteiger partial charge in [-0.25, -0.2) is 0 Å². The van der Waals surface area contributed by atoms with E-state index < -0.39 is 0 Å². The molecule has 1 aromatic rings. The molecule has 1 saturated heterocycles. The summed E-state index contributed by atoms with van der Waals surface area (Å²) in [5.74, 6) is 0.660. The van der Waals surface area contributed by atoms with Gasteiger partial charge >= 0.3 is 0 Å². The lowest BCUT2D eigenvalue weighted by molar-refractivity contribution is 0.189. The molecule has 1 N–H and O–H groups in total. The maximum absolute atomic E-state index is 3.40. The van der Waals surface area contributed by atoms with E-state index in [1.807, 2.05) is 0 Å². The van der Waals surface area contributed by atoms with Gasteiger partial charge in [0.2, 0.25) is 0 Å². The number of hydrogen-bond donors (Lipinski definition) is 1. The highest BCUT2D eigenvalue weighted by Crippen LogP contribution is 2.31. The van der Waals surface area contributed by atoms with Crippen LogP contribution in [-0.2, 0) is 0 Å². The topological polar surface area (TPSA) is 15.3 Å². The zero-order chi connectivity index (χ0) is 12.3. The van der Waals surface area contributed by atoms with Crippen molar-refractivity contribution in [1.82, 2.24) is 10.2 Å². The van der Waals surface area contributed by atoms with Crippen molar-refractivity contribution in [2.24, 2.45) is 5.92 Å². The highest BCUT2D eigenvalue weighted by Gasteiger charge is 2.29. The van der Waals surface area contributed by atoms with Gasteiger partial charge in [0.05, 0.1) is 0 Å². The second-order valence-electron chi connectivity index (χ2n) is 5.37. The van der Waals surface area contributed by atoms with Crippen LogP contribution < -0.4 is 5.32 Å². The molecule has 0 bridgehead atoms. The molecule has 2 atom stereocenters. The van der Waals surface area contributed by atoms with Gasteiger partial charge in [-0.05, 0) is 24.9 Å². The number of benzene rings is 1. The Labute approximate surface area is 105 Å². The normalized spacial score (nSPS) is 23.2. The molecule has 2 unspecified atom stereocenters. The molecular formula is C15H24N2. The van der Waals surface area contributed by atoms with Crippen LogP contribution in [0.5, 0.6) is 0 Å². The van der Waals surface area contributed by atoms with E-state index in [9.17, 15) is 0 Å². The zero-order valence-electron chi connectivity index (χ0n) is 11.2. The first kappa shape index (κ1) is 12.6. The van der Waals surface area contributed by atoms with Gasteiger partial charge in [-0.3, -0.25) is 4.90 Å². The van der Waals surface area contributed by atoms with Crippen molar-refractivity contribution in [1.29, 1.82) is 0 Å². The lowest BCUT2D eigenvalue weighted by atomic mass is 9.95. The molecule has 2 nitrogen and oxygen atoms in total. The average molecular weight is 232 g/mol. The summed E-state index contributed by atoms with van der Waals surface area (Å²) >= 11 is 0. The molecule has 1 heterocycles. The number of rotatable bonds is 4. The summed E-state index contributed by atoms with van der Waals surface area (Å²) in [5, 5.41) is 3.40. The fraction of sp³-hybridized carbons (Fsp3) is 0.600. The van der Waals surface area contributed by atoms with Crippen molar-refractivity contribution in [2.75, 3.05) is 20.1 Å². The van der Waals surface area contributed by atoms with Crippen LogP contribution in [0.2, 0.25) is 0 Å². The number of nitrogens with zero attached hydrogens (tertiary/aromatic N) is 1. The standard InChI is InChI=1S/C15H24N2/c1-12(2)15(13-7-5-4-6-8-13)17-10-9-14(11-17)16-3/h4-8,12,14-16H,9-11H2,1-3H3. The summed E-state index contributed by atoms with van der Waals surface area (Å²) in [5.41, 5.74) is 1.46. The predicted octanol–water partition coefficient (Wildman–Crippen LogP) is 2.68. The quantitative estimate of drug-likeness (QED) is 0.858. The third-order valence-electron chi connectivity index (χ3n) is 3.79. The van der Waals surface area contributed by atoms with Crippen LogP contribution in [0, 0.1) is 5.92 Å². The van der Waals surface area contributed by atoms with Crippen molar-refractivity contribution >= 4 is 0 Å². The fourth-order valence-corrected chi connectivity index (χ4v) is 2.94. The first-order chi connectivity index (χ1) is 8.22. The summed E-state index contributed by atoms with van der Waals surface area (Å²) in [4.78, 5) is 2.63. The molecule has 0 spiro atoms. The Morgan fingerprint density at radius 2 is 1.94 bits per heavy atom. The minimum absolute atomic E-state index is 0.564. The number of likely N-dealkylation sites (N-methyl/N-ethyl adjacent to an activating group) is 1. The molecule has 1 fully saturated rings. The van der Waals surface area contributed by atoms with E-state index in [1.54, 1.807) is 0 Å². The van der Waals surface area contributed by atoms with Crippen LogP contribution in [0.3, 0.4) is 0 Å². The van der Waals surface area contributed by atoms with Crippen LogP contribution >= 0.6 is 0 Å². The van der Waals surface area contributed by atoms with Crippen LogP contribution in [0.25, 0.3) is 0 Å². The van der Waals surface area contributed by atoms with Gasteiger partial charge in [0.15, 0.2) is 0 Å². The highest BCUT2D eigenvalue weighted by atomic mass is 15.2. The molecule has 2 heteroatoms. The third-order valence-corrected chi connectivity index (χ3v) is 3.79. The van der Waals surface area contributed by atoms with Crippen LogP contribution in [-0.4, -0.2) is 31.1 Å². The number of nitrogens with one attached hydrogen (secondary N) is 1. The number of likely N-dealkylation sites (tertiary alicyclic amines) is 1. The Kier molecular flexibility index (Phi) is 4.19. The van der Waals surface area contributed by atoms with Gasteiger partial charge in [-0.2, -0.15) is 0 Å². The maximum atomic E-state index is 3.40. The highest BCUT2D eigenvalue weighted by molar-refractivity contribution is 5.20. The van der Waals surface area contributed by atoms with E-state index in [4.69, 9.17) is 0 Å². The van der Waals surface area contributed by atoms with Crippen molar-refractivity contribution in [3.05, 3.63) is 35.9 Å². The molecule has 0 amide bonds. The Morgan fingerprint density at radius 1 is 1.24 bits per heavy atom. The van der Waals surface area contributed by atoms with E-state index in [0.29, 0.717) is 18.0 Å².